The summed E-state index contributed by atoms with van der Waals surface area (Å²) >= 11 is 0. The first-order chi connectivity index (χ1) is 18.2. The summed E-state index contributed by atoms with van der Waals surface area (Å²) in [4.78, 5) is 32.3. The van der Waals surface area contributed by atoms with Gasteiger partial charge in [-0.3, -0.25) is 4.79 Å². The third kappa shape index (κ3) is 4.51. The van der Waals surface area contributed by atoms with E-state index in [1.54, 1.807) is 42.4 Å². The van der Waals surface area contributed by atoms with Crippen LogP contribution in [-0.2, 0) is 5.54 Å². The van der Waals surface area contributed by atoms with E-state index in [0.717, 1.165) is 11.1 Å². The molecule has 2 N–H and O–H groups in total. The van der Waals surface area contributed by atoms with Crippen LogP contribution in [0.15, 0.2) is 59.3 Å². The zero-order chi connectivity index (χ0) is 26.6. The largest absolute Gasteiger partial charge is 0.474 e. The molecule has 4 heterocycles. The third-order valence-corrected chi connectivity index (χ3v) is 7.09. The first kappa shape index (κ1) is 24.2. The number of nitrogens with two attached hydrogens (primary N) is 1. The number of amides is 1. The number of halogens is 1. The summed E-state index contributed by atoms with van der Waals surface area (Å²) in [5, 5.41) is 0. The first-order valence-electron chi connectivity index (χ1n) is 12.5. The van der Waals surface area contributed by atoms with Crippen LogP contribution in [0.4, 0.5) is 4.39 Å². The molecule has 4 aromatic rings. The Balaban J connectivity index is 1.16. The van der Waals surface area contributed by atoms with E-state index in [1.807, 2.05) is 26.0 Å². The van der Waals surface area contributed by atoms with Crippen molar-refractivity contribution in [2.45, 2.75) is 32.4 Å². The lowest BCUT2D eigenvalue weighted by Crippen LogP contribution is -2.33. The van der Waals surface area contributed by atoms with Gasteiger partial charge in [-0.2, -0.15) is 0 Å². The number of piperidine rings is 1. The minimum absolute atomic E-state index is 0.0483. The van der Waals surface area contributed by atoms with E-state index in [9.17, 15) is 9.18 Å². The van der Waals surface area contributed by atoms with Gasteiger partial charge in [0, 0.05) is 54.5 Å². The molecular formula is C28H27FN6O3. The Morgan fingerprint density at radius 1 is 1.11 bits per heavy atom. The lowest BCUT2D eigenvalue weighted by molar-refractivity contribution is 0.0719. The first-order valence-corrected chi connectivity index (χ1v) is 12.5. The lowest BCUT2D eigenvalue weighted by Gasteiger charge is -2.22. The lowest BCUT2D eigenvalue weighted by atomic mass is 9.95. The van der Waals surface area contributed by atoms with Crippen molar-refractivity contribution in [1.29, 1.82) is 0 Å². The van der Waals surface area contributed by atoms with E-state index < -0.39 is 5.54 Å². The van der Waals surface area contributed by atoms with Gasteiger partial charge in [-0.05, 0) is 62.7 Å². The van der Waals surface area contributed by atoms with Gasteiger partial charge < -0.3 is 19.8 Å². The third-order valence-electron chi connectivity index (χ3n) is 7.09. The maximum absolute atomic E-state index is 13.5. The Morgan fingerprint density at radius 3 is 2.45 bits per heavy atom. The molecule has 2 fully saturated rings. The number of ether oxygens (including phenoxy) is 1. The summed E-state index contributed by atoms with van der Waals surface area (Å²) < 4.78 is 25.5. The van der Waals surface area contributed by atoms with E-state index in [0.29, 0.717) is 36.2 Å². The fourth-order valence-corrected chi connectivity index (χ4v) is 4.90. The maximum atomic E-state index is 13.5. The van der Waals surface area contributed by atoms with Gasteiger partial charge in [0.2, 0.25) is 17.5 Å². The van der Waals surface area contributed by atoms with Gasteiger partial charge in [-0.1, -0.05) is 0 Å². The Kier molecular flexibility index (Phi) is 5.71. The summed E-state index contributed by atoms with van der Waals surface area (Å²) in [5.41, 5.74) is 8.58. The van der Waals surface area contributed by atoms with Gasteiger partial charge in [0.25, 0.3) is 11.8 Å². The van der Waals surface area contributed by atoms with Crippen LogP contribution in [0.3, 0.4) is 0 Å². The number of oxazole rings is 1. The standard InChI is InChI=1S/C28H27FN6O3/c1-15-23(38-26(33-15)25-31-9-4-10-32-25)27(36)35-13-19-20(14-35)24(19)37-22-12-17(28(2,3)30)11-21(34-22)16-5-7-18(29)8-6-16/h4-12,19-20,24H,13-14,30H2,1-3H3/t19-,20?,24?/m1/s1. The topological polar surface area (TPSA) is 120 Å². The summed E-state index contributed by atoms with van der Waals surface area (Å²) in [5.74, 6) is 1.12. The second-order valence-corrected chi connectivity index (χ2v) is 10.4. The second-order valence-electron chi connectivity index (χ2n) is 10.4. The normalized spacial score (nSPS) is 20.3. The molecule has 0 bridgehead atoms. The molecule has 1 aromatic carbocycles. The molecule has 0 spiro atoms. The van der Waals surface area contributed by atoms with Crippen molar-refractivity contribution < 1.29 is 18.3 Å². The fraction of sp³-hybridized carbons (Fsp3) is 0.321. The molecule has 3 aromatic heterocycles. The van der Waals surface area contributed by atoms with Gasteiger partial charge in [0.15, 0.2) is 0 Å². The minimum Gasteiger partial charge on any atom is -0.474 e. The van der Waals surface area contributed by atoms with Crippen molar-refractivity contribution in [2.75, 3.05) is 13.1 Å². The van der Waals surface area contributed by atoms with Crippen LogP contribution in [0, 0.1) is 24.6 Å². The highest BCUT2D eigenvalue weighted by molar-refractivity contribution is 5.93. The van der Waals surface area contributed by atoms with Crippen LogP contribution in [0.5, 0.6) is 5.88 Å². The molecule has 38 heavy (non-hydrogen) atoms. The molecule has 2 unspecified atom stereocenters. The predicted molar refractivity (Wildman–Crippen MR) is 136 cm³/mol. The number of likely N-dealkylation sites (tertiary alicyclic amines) is 1. The van der Waals surface area contributed by atoms with Crippen molar-refractivity contribution in [2.24, 2.45) is 17.6 Å². The zero-order valence-corrected chi connectivity index (χ0v) is 21.3. The number of nitrogens with zero attached hydrogens (tertiary/aromatic N) is 5. The Hall–Kier alpha value is -4.18. The fourth-order valence-electron chi connectivity index (χ4n) is 4.90. The van der Waals surface area contributed by atoms with E-state index in [-0.39, 0.29) is 41.3 Å². The minimum atomic E-state index is -0.614. The molecule has 1 aliphatic heterocycles. The summed E-state index contributed by atoms with van der Waals surface area (Å²) in [6, 6.07) is 11.6. The van der Waals surface area contributed by atoms with Gasteiger partial charge in [0.05, 0.1) is 11.4 Å². The average Bonchev–Trinajstić information content (AvgIpc) is 3.22. The van der Waals surface area contributed by atoms with E-state index in [1.165, 1.54) is 12.1 Å². The predicted octanol–water partition coefficient (Wildman–Crippen LogP) is 3.98. The Morgan fingerprint density at radius 2 is 1.79 bits per heavy atom. The molecular weight excluding hydrogens is 487 g/mol. The maximum Gasteiger partial charge on any atom is 0.291 e. The number of fused-ring (bicyclic) bond motifs is 1. The quantitative estimate of drug-likeness (QED) is 0.410. The van der Waals surface area contributed by atoms with Crippen LogP contribution in [-0.4, -0.2) is 49.9 Å². The number of rotatable bonds is 6. The SMILES string of the molecule is Cc1nc(-c2ncccn2)oc1C(=O)N1CC2C(Oc3cc(C(C)(C)N)cc(-c4ccc(F)cc4)n3)[C@@H]2C1. The van der Waals surface area contributed by atoms with Crippen LogP contribution in [0.25, 0.3) is 23.0 Å². The molecule has 3 atom stereocenters. The summed E-state index contributed by atoms with van der Waals surface area (Å²) in [6.07, 6.45) is 3.14. The molecule has 1 saturated carbocycles. The van der Waals surface area contributed by atoms with Crippen LogP contribution in [0.1, 0.15) is 35.7 Å². The van der Waals surface area contributed by atoms with Crippen LogP contribution in [0.2, 0.25) is 0 Å². The van der Waals surface area contributed by atoms with Gasteiger partial charge in [-0.25, -0.2) is 24.3 Å². The molecule has 9 nitrogen and oxygen atoms in total. The van der Waals surface area contributed by atoms with Crippen molar-refractivity contribution in [3.63, 3.8) is 0 Å². The van der Waals surface area contributed by atoms with Crippen molar-refractivity contribution >= 4 is 5.91 Å². The number of benzene rings is 1. The van der Waals surface area contributed by atoms with Crippen molar-refractivity contribution in [3.05, 3.63) is 77.7 Å². The Labute approximate surface area is 218 Å². The van der Waals surface area contributed by atoms with Crippen molar-refractivity contribution in [1.82, 2.24) is 24.8 Å². The number of aryl methyl sites for hydroxylation is 1. The molecule has 1 aliphatic carbocycles. The van der Waals surface area contributed by atoms with Crippen molar-refractivity contribution in [3.8, 4) is 28.9 Å². The van der Waals surface area contributed by atoms with E-state index in [2.05, 4.69) is 19.9 Å². The monoisotopic (exact) mass is 514 g/mol. The number of carbonyl (C=O) groups excluding carboxylic acids is 1. The molecule has 10 heteroatoms. The van der Waals surface area contributed by atoms with Gasteiger partial charge in [-0.15, -0.1) is 0 Å². The second kappa shape index (κ2) is 8.98. The summed E-state index contributed by atoms with van der Waals surface area (Å²) in [6.45, 7) is 6.67. The zero-order valence-electron chi connectivity index (χ0n) is 21.3. The van der Waals surface area contributed by atoms with Crippen LogP contribution >= 0.6 is 0 Å². The van der Waals surface area contributed by atoms with Gasteiger partial charge >= 0.3 is 0 Å². The molecule has 6 rings (SSSR count). The molecule has 194 valence electrons. The number of aromatic nitrogens is 4. The number of hydrogen-bond acceptors (Lipinski definition) is 8. The molecule has 1 amide bonds. The van der Waals surface area contributed by atoms with E-state index in [4.69, 9.17) is 14.9 Å². The highest BCUT2D eigenvalue weighted by Gasteiger charge is 2.59. The van der Waals surface area contributed by atoms with Gasteiger partial charge in [0.1, 0.15) is 11.9 Å². The smallest absolute Gasteiger partial charge is 0.291 e. The Bertz CT molecular complexity index is 1490. The number of hydrogen-bond donors (Lipinski definition) is 1. The molecule has 1 saturated heterocycles. The number of carbonyl (C=O) groups is 1. The highest BCUT2D eigenvalue weighted by Crippen LogP contribution is 2.48. The average molecular weight is 515 g/mol. The van der Waals surface area contributed by atoms with Crippen LogP contribution < -0.4 is 10.5 Å². The molecule has 2 aliphatic rings. The van der Waals surface area contributed by atoms with E-state index >= 15 is 0 Å². The molecule has 0 radical (unpaired) electrons. The number of pyridine rings is 1. The highest BCUT2D eigenvalue weighted by atomic mass is 19.1. The summed E-state index contributed by atoms with van der Waals surface area (Å²) in [7, 11) is 0.